The van der Waals surface area contributed by atoms with E-state index >= 15 is 0 Å². The fourth-order valence-electron chi connectivity index (χ4n) is 2.37. The number of nitrogens with two attached hydrogens (primary N) is 1. The SMILES string of the molecule is Cl.NCC1CCCCN1CC(=O)NCc1cccs1. The van der Waals surface area contributed by atoms with E-state index < -0.39 is 0 Å². The summed E-state index contributed by atoms with van der Waals surface area (Å²) in [6.45, 7) is 2.76. The second-order valence-electron chi connectivity index (χ2n) is 4.71. The van der Waals surface area contributed by atoms with Gasteiger partial charge in [0, 0.05) is 17.5 Å². The Bertz CT molecular complexity index is 372. The van der Waals surface area contributed by atoms with Gasteiger partial charge >= 0.3 is 0 Å². The highest BCUT2D eigenvalue weighted by Gasteiger charge is 2.22. The molecule has 108 valence electrons. The van der Waals surface area contributed by atoms with E-state index in [1.807, 2.05) is 17.5 Å². The molecule has 1 atom stereocenters. The monoisotopic (exact) mass is 303 g/mol. The number of carbonyl (C=O) groups excluding carboxylic acids is 1. The summed E-state index contributed by atoms with van der Waals surface area (Å²) >= 11 is 1.67. The van der Waals surface area contributed by atoms with Crippen LogP contribution >= 0.6 is 23.7 Å². The van der Waals surface area contributed by atoms with Gasteiger partial charge in [0.15, 0.2) is 0 Å². The van der Waals surface area contributed by atoms with E-state index in [0.717, 1.165) is 13.0 Å². The summed E-state index contributed by atoms with van der Waals surface area (Å²) in [5.41, 5.74) is 5.75. The van der Waals surface area contributed by atoms with Crippen LogP contribution in [0.1, 0.15) is 24.1 Å². The lowest BCUT2D eigenvalue weighted by atomic mass is 10.0. The average molecular weight is 304 g/mol. The molecule has 0 spiro atoms. The Kier molecular flexibility index (Phi) is 7.38. The van der Waals surface area contributed by atoms with Crippen LogP contribution in [0.5, 0.6) is 0 Å². The number of likely N-dealkylation sites (tertiary alicyclic amines) is 1. The van der Waals surface area contributed by atoms with Crippen LogP contribution in [0, 0.1) is 0 Å². The van der Waals surface area contributed by atoms with Crippen molar-refractivity contribution in [1.82, 2.24) is 10.2 Å². The summed E-state index contributed by atoms with van der Waals surface area (Å²) in [7, 11) is 0. The zero-order chi connectivity index (χ0) is 12.8. The third-order valence-electron chi connectivity index (χ3n) is 3.41. The van der Waals surface area contributed by atoms with E-state index in [4.69, 9.17) is 5.73 Å². The summed E-state index contributed by atoms with van der Waals surface area (Å²) < 4.78 is 0. The van der Waals surface area contributed by atoms with Gasteiger partial charge in [-0.1, -0.05) is 12.5 Å². The van der Waals surface area contributed by atoms with Crippen molar-refractivity contribution in [3.05, 3.63) is 22.4 Å². The topological polar surface area (TPSA) is 58.4 Å². The fraction of sp³-hybridized carbons (Fsp3) is 0.615. The number of piperidine rings is 1. The lowest BCUT2D eigenvalue weighted by molar-refractivity contribution is -0.123. The molecular weight excluding hydrogens is 282 g/mol. The second-order valence-corrected chi connectivity index (χ2v) is 5.74. The lowest BCUT2D eigenvalue weighted by Crippen LogP contribution is -2.48. The van der Waals surface area contributed by atoms with E-state index in [0.29, 0.717) is 25.7 Å². The van der Waals surface area contributed by atoms with E-state index in [2.05, 4.69) is 10.2 Å². The Morgan fingerprint density at radius 3 is 3.05 bits per heavy atom. The maximum absolute atomic E-state index is 11.9. The number of nitrogens with one attached hydrogen (secondary N) is 1. The first kappa shape index (κ1) is 16.4. The van der Waals surface area contributed by atoms with Gasteiger partial charge in [-0.05, 0) is 30.8 Å². The van der Waals surface area contributed by atoms with Crippen LogP contribution in [-0.4, -0.2) is 36.5 Å². The van der Waals surface area contributed by atoms with Crippen molar-refractivity contribution in [2.75, 3.05) is 19.6 Å². The molecule has 0 aromatic carbocycles. The van der Waals surface area contributed by atoms with Gasteiger partial charge in [-0.2, -0.15) is 0 Å². The molecule has 0 saturated carbocycles. The Labute approximate surface area is 124 Å². The van der Waals surface area contributed by atoms with Crippen molar-refractivity contribution >= 4 is 29.7 Å². The molecule has 0 bridgehead atoms. The van der Waals surface area contributed by atoms with Crippen molar-refractivity contribution in [2.45, 2.75) is 31.8 Å². The first-order chi connectivity index (χ1) is 8.79. The number of rotatable bonds is 5. The number of thiophene rings is 1. The summed E-state index contributed by atoms with van der Waals surface area (Å²) in [6, 6.07) is 4.42. The summed E-state index contributed by atoms with van der Waals surface area (Å²) in [4.78, 5) is 15.3. The Morgan fingerprint density at radius 1 is 1.53 bits per heavy atom. The number of halogens is 1. The maximum Gasteiger partial charge on any atom is 0.234 e. The minimum absolute atomic E-state index is 0. The molecule has 1 unspecified atom stereocenters. The number of amides is 1. The molecule has 2 rings (SSSR count). The quantitative estimate of drug-likeness (QED) is 0.869. The zero-order valence-electron chi connectivity index (χ0n) is 11.0. The minimum atomic E-state index is 0. The maximum atomic E-state index is 11.9. The molecule has 1 amide bonds. The largest absolute Gasteiger partial charge is 0.350 e. The van der Waals surface area contributed by atoms with Crippen LogP contribution in [0.4, 0.5) is 0 Å². The van der Waals surface area contributed by atoms with Crippen molar-refractivity contribution in [2.24, 2.45) is 5.73 Å². The molecule has 1 aliphatic heterocycles. The van der Waals surface area contributed by atoms with Gasteiger partial charge in [0.1, 0.15) is 0 Å². The lowest BCUT2D eigenvalue weighted by Gasteiger charge is -2.34. The number of carbonyl (C=O) groups is 1. The Balaban J connectivity index is 0.00000180. The highest BCUT2D eigenvalue weighted by Crippen LogP contribution is 2.15. The van der Waals surface area contributed by atoms with E-state index in [1.165, 1.54) is 17.7 Å². The third kappa shape index (κ3) is 5.10. The van der Waals surface area contributed by atoms with Gasteiger partial charge in [-0.25, -0.2) is 0 Å². The van der Waals surface area contributed by atoms with Crippen LogP contribution < -0.4 is 11.1 Å². The van der Waals surface area contributed by atoms with Gasteiger partial charge in [0.05, 0.1) is 13.1 Å². The number of hydrogen-bond acceptors (Lipinski definition) is 4. The molecule has 6 heteroatoms. The first-order valence-corrected chi connectivity index (χ1v) is 7.41. The Hall–Kier alpha value is -0.620. The molecule has 2 heterocycles. The number of nitrogens with zero attached hydrogens (tertiary/aromatic N) is 1. The smallest absolute Gasteiger partial charge is 0.234 e. The average Bonchev–Trinajstić information content (AvgIpc) is 2.90. The summed E-state index contributed by atoms with van der Waals surface area (Å²) in [5, 5.41) is 4.99. The minimum Gasteiger partial charge on any atom is -0.350 e. The van der Waals surface area contributed by atoms with E-state index in [1.54, 1.807) is 11.3 Å². The van der Waals surface area contributed by atoms with Crippen molar-refractivity contribution in [3.8, 4) is 0 Å². The highest BCUT2D eigenvalue weighted by atomic mass is 35.5. The van der Waals surface area contributed by atoms with Crippen LogP contribution in [-0.2, 0) is 11.3 Å². The standard InChI is InChI=1S/C13H21N3OS.ClH/c14-8-11-4-1-2-6-16(11)10-13(17)15-9-12-5-3-7-18-12;/h3,5,7,11H,1-2,4,6,8-10,14H2,(H,15,17);1H. The molecule has 3 N–H and O–H groups in total. The zero-order valence-corrected chi connectivity index (χ0v) is 12.6. The fourth-order valence-corrected chi connectivity index (χ4v) is 3.02. The molecule has 1 saturated heterocycles. The summed E-state index contributed by atoms with van der Waals surface area (Å²) in [6.07, 6.45) is 3.53. The van der Waals surface area contributed by atoms with Crippen LogP contribution in [0.2, 0.25) is 0 Å². The predicted molar refractivity (Wildman–Crippen MR) is 81.7 cm³/mol. The van der Waals surface area contributed by atoms with Gasteiger partial charge in [-0.15, -0.1) is 23.7 Å². The molecule has 4 nitrogen and oxygen atoms in total. The van der Waals surface area contributed by atoms with Crippen molar-refractivity contribution in [3.63, 3.8) is 0 Å². The van der Waals surface area contributed by atoms with Crippen molar-refractivity contribution in [1.29, 1.82) is 0 Å². The molecule has 1 aliphatic rings. The third-order valence-corrected chi connectivity index (χ3v) is 4.28. The molecule has 19 heavy (non-hydrogen) atoms. The van der Waals surface area contributed by atoms with Gasteiger partial charge in [0.25, 0.3) is 0 Å². The molecule has 1 fully saturated rings. The normalized spacial score (nSPS) is 19.7. The van der Waals surface area contributed by atoms with Crippen LogP contribution in [0.3, 0.4) is 0 Å². The second kappa shape index (κ2) is 8.53. The van der Waals surface area contributed by atoms with E-state index in [9.17, 15) is 4.79 Å². The van der Waals surface area contributed by atoms with Gasteiger partial charge in [0.2, 0.25) is 5.91 Å². The van der Waals surface area contributed by atoms with Crippen molar-refractivity contribution < 1.29 is 4.79 Å². The van der Waals surface area contributed by atoms with Gasteiger partial charge in [-0.3, -0.25) is 9.69 Å². The molecule has 0 radical (unpaired) electrons. The predicted octanol–water partition coefficient (Wildman–Crippen LogP) is 1.60. The molecule has 1 aromatic rings. The highest BCUT2D eigenvalue weighted by molar-refractivity contribution is 7.09. The van der Waals surface area contributed by atoms with Crippen LogP contribution in [0.25, 0.3) is 0 Å². The molecular formula is C13H22ClN3OS. The van der Waals surface area contributed by atoms with E-state index in [-0.39, 0.29) is 18.3 Å². The van der Waals surface area contributed by atoms with Gasteiger partial charge < -0.3 is 11.1 Å². The molecule has 0 aliphatic carbocycles. The Morgan fingerprint density at radius 2 is 2.37 bits per heavy atom. The first-order valence-electron chi connectivity index (χ1n) is 6.53. The summed E-state index contributed by atoms with van der Waals surface area (Å²) in [5.74, 6) is 0.101. The molecule has 1 aromatic heterocycles. The van der Waals surface area contributed by atoms with Crippen LogP contribution in [0.15, 0.2) is 17.5 Å². The number of hydrogen-bond donors (Lipinski definition) is 2.